The highest BCUT2D eigenvalue weighted by atomic mass is 16.3. The fourth-order valence-corrected chi connectivity index (χ4v) is 7.75. The average Bonchev–Trinajstić information content (AvgIpc) is 3.95. The zero-order valence-electron chi connectivity index (χ0n) is 28.9. The van der Waals surface area contributed by atoms with E-state index in [1.54, 1.807) is 0 Å². The van der Waals surface area contributed by atoms with Crippen LogP contribution in [0.1, 0.15) is 0 Å². The SMILES string of the molecule is c1ccc(-c2nc3c(-c4ccc5oc6c(-c7ccc(N(c8ccccc8)c8ccc9oc%10ccccc%10c9c8)cc7)cccc6c5c4)cccc3o2)cc1. The van der Waals surface area contributed by atoms with Gasteiger partial charge in [-0.1, -0.05) is 103 Å². The first-order valence-electron chi connectivity index (χ1n) is 18.0. The third kappa shape index (κ3) is 4.90. The van der Waals surface area contributed by atoms with Gasteiger partial charge in [0.15, 0.2) is 5.58 Å². The monoisotopic (exact) mass is 694 g/mol. The number of nitrogens with zero attached hydrogens (tertiary/aromatic N) is 2. The van der Waals surface area contributed by atoms with Gasteiger partial charge in [-0.2, -0.15) is 0 Å². The van der Waals surface area contributed by atoms with E-state index in [0.29, 0.717) is 5.89 Å². The van der Waals surface area contributed by atoms with Gasteiger partial charge in [-0.25, -0.2) is 4.98 Å². The summed E-state index contributed by atoms with van der Waals surface area (Å²) in [6.45, 7) is 0. The Hall–Kier alpha value is -7.37. The van der Waals surface area contributed by atoms with Crippen LogP contribution in [0.2, 0.25) is 0 Å². The van der Waals surface area contributed by atoms with Crippen molar-refractivity contribution in [3.05, 3.63) is 182 Å². The van der Waals surface area contributed by atoms with Crippen molar-refractivity contribution in [3.8, 4) is 33.7 Å². The second kappa shape index (κ2) is 12.1. The van der Waals surface area contributed by atoms with E-state index in [4.69, 9.17) is 18.2 Å². The van der Waals surface area contributed by atoms with Gasteiger partial charge in [0, 0.05) is 55.3 Å². The molecule has 11 aromatic rings. The van der Waals surface area contributed by atoms with E-state index in [1.165, 1.54) is 0 Å². The largest absolute Gasteiger partial charge is 0.456 e. The fourth-order valence-electron chi connectivity index (χ4n) is 7.75. The predicted octanol–water partition coefficient (Wildman–Crippen LogP) is 14.1. The molecule has 0 radical (unpaired) electrons. The number of rotatable bonds is 6. The summed E-state index contributed by atoms with van der Waals surface area (Å²) in [6, 6.07) is 62.7. The Morgan fingerprint density at radius 3 is 1.83 bits per heavy atom. The van der Waals surface area contributed by atoms with Gasteiger partial charge in [-0.05, 0) is 90.0 Å². The second-order valence-corrected chi connectivity index (χ2v) is 13.5. The number of furan rings is 2. The molecule has 3 aromatic heterocycles. The van der Waals surface area contributed by atoms with Crippen molar-refractivity contribution in [2.24, 2.45) is 0 Å². The molecule has 0 fully saturated rings. The molecule has 0 spiro atoms. The summed E-state index contributed by atoms with van der Waals surface area (Å²) in [5.74, 6) is 0.614. The molecule has 0 aliphatic carbocycles. The van der Waals surface area contributed by atoms with Crippen molar-refractivity contribution in [1.82, 2.24) is 4.98 Å². The molecule has 254 valence electrons. The van der Waals surface area contributed by atoms with E-state index >= 15 is 0 Å². The minimum absolute atomic E-state index is 0.614. The molecule has 0 atom stereocenters. The van der Waals surface area contributed by atoms with Crippen LogP contribution in [-0.2, 0) is 0 Å². The smallest absolute Gasteiger partial charge is 0.227 e. The van der Waals surface area contributed by atoms with Gasteiger partial charge in [0.05, 0.1) is 0 Å². The van der Waals surface area contributed by atoms with Crippen molar-refractivity contribution in [2.45, 2.75) is 0 Å². The lowest BCUT2D eigenvalue weighted by Gasteiger charge is -2.25. The predicted molar refractivity (Wildman–Crippen MR) is 220 cm³/mol. The van der Waals surface area contributed by atoms with Crippen LogP contribution < -0.4 is 4.90 Å². The first-order chi connectivity index (χ1) is 26.7. The highest BCUT2D eigenvalue weighted by Gasteiger charge is 2.19. The van der Waals surface area contributed by atoms with Gasteiger partial charge in [0.1, 0.15) is 27.8 Å². The van der Waals surface area contributed by atoms with Gasteiger partial charge in [0.2, 0.25) is 5.89 Å². The summed E-state index contributed by atoms with van der Waals surface area (Å²) in [5, 5.41) is 4.32. The lowest BCUT2D eigenvalue weighted by molar-refractivity contribution is 0.620. The molecule has 0 saturated carbocycles. The molecule has 8 aromatic carbocycles. The molecule has 5 nitrogen and oxygen atoms in total. The Balaban J connectivity index is 0.981. The highest BCUT2D eigenvalue weighted by Crippen LogP contribution is 2.42. The van der Waals surface area contributed by atoms with Crippen molar-refractivity contribution in [3.63, 3.8) is 0 Å². The zero-order valence-corrected chi connectivity index (χ0v) is 28.9. The van der Waals surface area contributed by atoms with Crippen LogP contribution in [0.4, 0.5) is 17.1 Å². The van der Waals surface area contributed by atoms with Crippen LogP contribution in [0.3, 0.4) is 0 Å². The van der Waals surface area contributed by atoms with Crippen LogP contribution in [-0.4, -0.2) is 4.98 Å². The first kappa shape index (κ1) is 30.3. The molecule has 11 rings (SSSR count). The van der Waals surface area contributed by atoms with Crippen molar-refractivity contribution in [1.29, 1.82) is 0 Å². The summed E-state index contributed by atoms with van der Waals surface area (Å²) >= 11 is 0. The summed E-state index contributed by atoms with van der Waals surface area (Å²) in [4.78, 5) is 7.21. The molecule has 0 bridgehead atoms. The van der Waals surface area contributed by atoms with E-state index < -0.39 is 0 Å². The van der Waals surface area contributed by atoms with E-state index in [0.717, 1.165) is 99.9 Å². The molecular weight excluding hydrogens is 665 g/mol. The third-order valence-electron chi connectivity index (χ3n) is 10.3. The number of hydrogen-bond donors (Lipinski definition) is 0. The van der Waals surface area contributed by atoms with Gasteiger partial charge in [0.25, 0.3) is 0 Å². The van der Waals surface area contributed by atoms with E-state index in [1.807, 2.05) is 60.7 Å². The molecule has 0 aliphatic heterocycles. The van der Waals surface area contributed by atoms with Gasteiger partial charge >= 0.3 is 0 Å². The van der Waals surface area contributed by atoms with Crippen LogP contribution >= 0.6 is 0 Å². The molecular formula is C49H30N2O3. The van der Waals surface area contributed by atoms with Gasteiger partial charge < -0.3 is 18.2 Å². The maximum atomic E-state index is 6.61. The van der Waals surface area contributed by atoms with Crippen LogP contribution in [0.25, 0.3) is 88.7 Å². The third-order valence-corrected chi connectivity index (χ3v) is 10.3. The Labute approximate surface area is 309 Å². The van der Waals surface area contributed by atoms with Crippen molar-refractivity contribution < 1.29 is 13.3 Å². The van der Waals surface area contributed by atoms with Crippen molar-refractivity contribution in [2.75, 3.05) is 4.90 Å². The quantitative estimate of drug-likeness (QED) is 0.173. The molecule has 0 N–H and O–H groups in total. The molecule has 0 amide bonds. The van der Waals surface area contributed by atoms with E-state index in [-0.39, 0.29) is 0 Å². The average molecular weight is 695 g/mol. The molecule has 54 heavy (non-hydrogen) atoms. The summed E-state index contributed by atoms with van der Waals surface area (Å²) in [7, 11) is 0. The number of aromatic nitrogens is 1. The zero-order chi connectivity index (χ0) is 35.6. The number of hydrogen-bond acceptors (Lipinski definition) is 5. The topological polar surface area (TPSA) is 55.6 Å². The number of oxazole rings is 1. The molecule has 0 aliphatic rings. The second-order valence-electron chi connectivity index (χ2n) is 13.5. The number of para-hydroxylation sites is 4. The molecule has 3 heterocycles. The normalized spacial score (nSPS) is 11.7. The van der Waals surface area contributed by atoms with Crippen LogP contribution in [0, 0.1) is 0 Å². The highest BCUT2D eigenvalue weighted by molar-refractivity contribution is 6.11. The van der Waals surface area contributed by atoms with E-state index in [2.05, 4.69) is 126 Å². The first-order valence-corrected chi connectivity index (χ1v) is 18.0. The molecule has 5 heteroatoms. The summed E-state index contributed by atoms with van der Waals surface area (Å²) in [5.41, 5.74) is 13.4. The number of benzene rings is 8. The van der Waals surface area contributed by atoms with Crippen LogP contribution in [0.5, 0.6) is 0 Å². The summed E-state index contributed by atoms with van der Waals surface area (Å²) < 4.78 is 18.9. The molecule has 0 unspecified atom stereocenters. The Morgan fingerprint density at radius 1 is 0.352 bits per heavy atom. The lowest BCUT2D eigenvalue weighted by Crippen LogP contribution is -2.09. The van der Waals surface area contributed by atoms with Crippen molar-refractivity contribution >= 4 is 72.0 Å². The minimum atomic E-state index is 0.614. The maximum absolute atomic E-state index is 6.61. The number of fused-ring (bicyclic) bond motifs is 7. The Bertz CT molecular complexity index is 3160. The lowest BCUT2D eigenvalue weighted by atomic mass is 9.99. The standard InChI is InChI=1S/C49H30N2O3/c1-3-11-32(12-4-1)49-50-47-37(16-10-20-46(47)54-49)33-23-27-45-41(29-33)40-18-9-17-38(48(40)53-45)31-21-24-35(25-22-31)51(34-13-5-2-6-14-34)36-26-28-44-42(30-36)39-15-7-8-19-43(39)52-44/h1-30H. The number of anilines is 3. The Morgan fingerprint density at radius 2 is 0.963 bits per heavy atom. The fraction of sp³-hybridized carbons (Fsp3) is 0. The van der Waals surface area contributed by atoms with Gasteiger partial charge in [-0.3, -0.25) is 0 Å². The minimum Gasteiger partial charge on any atom is -0.456 e. The van der Waals surface area contributed by atoms with Crippen LogP contribution in [0.15, 0.2) is 195 Å². The summed E-state index contributed by atoms with van der Waals surface area (Å²) in [6.07, 6.45) is 0. The van der Waals surface area contributed by atoms with E-state index in [9.17, 15) is 0 Å². The van der Waals surface area contributed by atoms with Gasteiger partial charge in [-0.15, -0.1) is 0 Å². The Kier molecular flexibility index (Phi) is 6.79. The maximum Gasteiger partial charge on any atom is 0.227 e. The molecule has 0 saturated heterocycles.